The monoisotopic (exact) mass is 656 g/mol. The predicted octanol–water partition coefficient (Wildman–Crippen LogP) is 6.73. The molecule has 6 nitrogen and oxygen atoms in total. The Labute approximate surface area is 278 Å². The van der Waals surface area contributed by atoms with Crippen molar-refractivity contribution in [1.82, 2.24) is 0 Å². The molecule has 4 aromatic rings. The van der Waals surface area contributed by atoms with Crippen molar-refractivity contribution in [2.24, 2.45) is 0 Å². The van der Waals surface area contributed by atoms with Crippen LogP contribution < -0.4 is 15.1 Å². The third-order valence-corrected chi connectivity index (χ3v) is 14.8. The first-order valence-electron chi connectivity index (χ1n) is 15.9. The lowest BCUT2D eigenvalue weighted by Gasteiger charge is -2.53. The molecule has 0 amide bonds. The highest BCUT2D eigenvalue weighted by atomic mass is 32.2. The van der Waals surface area contributed by atoms with Gasteiger partial charge in [0.2, 0.25) is 0 Å². The van der Waals surface area contributed by atoms with E-state index in [0.717, 1.165) is 16.9 Å². The molecule has 2 aliphatic heterocycles. The van der Waals surface area contributed by atoms with E-state index in [4.69, 9.17) is 28.1 Å². The van der Waals surface area contributed by atoms with Gasteiger partial charge in [0.1, 0.15) is 35.6 Å². The zero-order valence-corrected chi connectivity index (χ0v) is 29.0. The van der Waals surface area contributed by atoms with Crippen molar-refractivity contribution in [3.63, 3.8) is 0 Å². The van der Waals surface area contributed by atoms with Gasteiger partial charge in [0.05, 0.1) is 20.3 Å². The van der Waals surface area contributed by atoms with Crippen molar-refractivity contribution in [2.75, 3.05) is 20.0 Å². The lowest BCUT2D eigenvalue weighted by atomic mass is 9.98. The van der Waals surface area contributed by atoms with Gasteiger partial charge in [-0.05, 0) is 39.4 Å². The molecule has 0 radical (unpaired) electrons. The zero-order valence-electron chi connectivity index (χ0n) is 27.2. The summed E-state index contributed by atoms with van der Waals surface area (Å²) in [6, 6.07) is 39.5. The Morgan fingerprint density at radius 1 is 0.761 bits per heavy atom. The zero-order chi connectivity index (χ0) is 32.1. The molecule has 0 N–H and O–H groups in total. The summed E-state index contributed by atoms with van der Waals surface area (Å²) in [6.07, 6.45) is -0.0903. The van der Waals surface area contributed by atoms with Crippen molar-refractivity contribution in [2.45, 2.75) is 68.6 Å². The molecule has 0 unspecified atom stereocenters. The number of hydrogen-bond donors (Lipinski definition) is 0. The van der Waals surface area contributed by atoms with Crippen molar-refractivity contribution in [1.29, 1.82) is 0 Å². The van der Waals surface area contributed by atoms with Gasteiger partial charge >= 0.3 is 0 Å². The second kappa shape index (κ2) is 14.4. The van der Waals surface area contributed by atoms with Crippen molar-refractivity contribution in [3.8, 4) is 5.75 Å². The van der Waals surface area contributed by atoms with Crippen LogP contribution in [0.25, 0.3) is 0 Å². The van der Waals surface area contributed by atoms with E-state index in [2.05, 4.69) is 87.7 Å². The fraction of sp³-hybridized carbons (Fsp3) is 0.368. The van der Waals surface area contributed by atoms with Crippen LogP contribution in [0.15, 0.2) is 115 Å². The maximum absolute atomic E-state index is 7.86. The van der Waals surface area contributed by atoms with E-state index in [9.17, 15) is 0 Å². The second-order valence-electron chi connectivity index (χ2n) is 12.8. The molecule has 46 heavy (non-hydrogen) atoms. The Kier molecular flexibility index (Phi) is 10.3. The van der Waals surface area contributed by atoms with Crippen LogP contribution in [0.3, 0.4) is 0 Å². The summed E-state index contributed by atoms with van der Waals surface area (Å²) in [7, 11) is -1.33. The first kappa shape index (κ1) is 33.0. The highest BCUT2D eigenvalue weighted by Crippen LogP contribution is 2.44. The number of thioether (sulfide) groups is 1. The van der Waals surface area contributed by atoms with Gasteiger partial charge in [-0.25, -0.2) is 0 Å². The fourth-order valence-corrected chi connectivity index (χ4v) is 12.1. The molecule has 0 aromatic heterocycles. The summed E-state index contributed by atoms with van der Waals surface area (Å²) in [5.41, 5.74) is 1.72. The van der Waals surface area contributed by atoms with Crippen LogP contribution in [0, 0.1) is 0 Å². The van der Waals surface area contributed by atoms with Crippen LogP contribution in [0.5, 0.6) is 5.75 Å². The van der Waals surface area contributed by atoms with Crippen LogP contribution in [-0.2, 0) is 30.0 Å². The minimum absolute atomic E-state index is 0.233. The molecule has 2 heterocycles. The standard InChI is InChI=1S/C38H44O6SSi/c1-38(2,3)46(30-17-11-7-12-18-30,31-19-13-8-14-20-31)44-34-33-32(26-41-36(43-33)28-15-9-6-10-16-28)42-37(45-5)35(34)40-25-27-21-23-29(39-4)24-22-27/h6-24,32-37H,25-26H2,1-5H3/t32-,33-,34+,35+,36-,37-/m1/s1. The van der Waals surface area contributed by atoms with E-state index in [1.165, 1.54) is 10.4 Å². The normalized spacial score (nSPS) is 25.1. The van der Waals surface area contributed by atoms with Crippen molar-refractivity contribution in [3.05, 3.63) is 126 Å². The summed E-state index contributed by atoms with van der Waals surface area (Å²) in [6.45, 7) is 7.69. The summed E-state index contributed by atoms with van der Waals surface area (Å²) >= 11 is 1.63. The number of hydrogen-bond acceptors (Lipinski definition) is 7. The Morgan fingerprint density at radius 2 is 1.35 bits per heavy atom. The van der Waals surface area contributed by atoms with Gasteiger partial charge in [-0.2, -0.15) is 0 Å². The van der Waals surface area contributed by atoms with Gasteiger partial charge in [-0.3, -0.25) is 0 Å². The molecule has 0 saturated carbocycles. The number of methoxy groups -OCH3 is 1. The predicted molar refractivity (Wildman–Crippen MR) is 186 cm³/mol. The summed E-state index contributed by atoms with van der Waals surface area (Å²) < 4.78 is 40.0. The minimum Gasteiger partial charge on any atom is -0.497 e. The van der Waals surface area contributed by atoms with E-state index in [-0.39, 0.29) is 16.6 Å². The van der Waals surface area contributed by atoms with Crippen molar-refractivity contribution < 1.29 is 28.1 Å². The summed E-state index contributed by atoms with van der Waals surface area (Å²) in [4.78, 5) is 0. The quantitative estimate of drug-likeness (QED) is 0.176. The molecule has 8 heteroatoms. The number of ether oxygens (including phenoxy) is 5. The van der Waals surface area contributed by atoms with Gasteiger partial charge < -0.3 is 28.1 Å². The molecule has 6 rings (SSSR count). The first-order valence-corrected chi connectivity index (χ1v) is 19.1. The Morgan fingerprint density at radius 3 is 1.89 bits per heavy atom. The van der Waals surface area contributed by atoms with Crippen LogP contribution in [0.2, 0.25) is 5.04 Å². The maximum Gasteiger partial charge on any atom is 0.261 e. The molecule has 0 bridgehead atoms. The van der Waals surface area contributed by atoms with Gasteiger partial charge in [-0.1, -0.05) is 124 Å². The molecule has 4 aromatic carbocycles. The van der Waals surface area contributed by atoms with Gasteiger partial charge in [0, 0.05) is 5.56 Å². The van der Waals surface area contributed by atoms with Gasteiger partial charge in [0.25, 0.3) is 8.32 Å². The molecule has 2 saturated heterocycles. The smallest absolute Gasteiger partial charge is 0.261 e. The van der Waals surface area contributed by atoms with E-state index >= 15 is 0 Å². The summed E-state index contributed by atoms with van der Waals surface area (Å²) in [5, 5.41) is 2.18. The third-order valence-electron chi connectivity index (χ3n) is 8.92. The van der Waals surface area contributed by atoms with Gasteiger partial charge in [0.15, 0.2) is 6.29 Å². The largest absolute Gasteiger partial charge is 0.497 e. The molecule has 0 spiro atoms. The maximum atomic E-state index is 7.86. The average molecular weight is 657 g/mol. The van der Waals surface area contributed by atoms with Gasteiger partial charge in [-0.15, -0.1) is 11.8 Å². The second-order valence-corrected chi connectivity index (χ2v) is 18.0. The highest BCUT2D eigenvalue weighted by molar-refractivity contribution is 7.99. The van der Waals surface area contributed by atoms with E-state index in [0.29, 0.717) is 13.2 Å². The average Bonchev–Trinajstić information content (AvgIpc) is 3.10. The molecule has 6 atom stereocenters. The molecular formula is C38H44O6SSi. The van der Waals surface area contributed by atoms with Crippen LogP contribution in [0.4, 0.5) is 0 Å². The molecular weight excluding hydrogens is 613 g/mol. The molecule has 242 valence electrons. The Balaban J connectivity index is 1.45. The Bertz CT molecular complexity index is 1480. The fourth-order valence-electron chi connectivity index (χ4n) is 6.64. The lowest BCUT2D eigenvalue weighted by Crippen LogP contribution is -2.72. The molecule has 0 aliphatic carbocycles. The number of fused-ring (bicyclic) bond motifs is 1. The highest BCUT2D eigenvalue weighted by Gasteiger charge is 2.58. The van der Waals surface area contributed by atoms with Crippen LogP contribution >= 0.6 is 11.8 Å². The summed E-state index contributed by atoms with van der Waals surface area (Å²) in [5.74, 6) is 0.810. The van der Waals surface area contributed by atoms with Crippen LogP contribution in [-0.4, -0.2) is 58.1 Å². The topological polar surface area (TPSA) is 55.4 Å². The molecule has 2 fully saturated rings. The van der Waals surface area contributed by atoms with Crippen LogP contribution in [0.1, 0.15) is 38.2 Å². The number of rotatable bonds is 10. The van der Waals surface area contributed by atoms with E-state index in [1.54, 1.807) is 18.9 Å². The van der Waals surface area contributed by atoms with Crippen molar-refractivity contribution >= 4 is 30.5 Å². The molecule has 2 aliphatic rings. The first-order chi connectivity index (χ1) is 22.3. The SMILES string of the molecule is COc1ccc(CO[C@H]2[C@@H](O[Si](c3ccccc3)(c3ccccc3)C(C)(C)C)[C@@H]3O[C@H](c4ccccc4)OC[C@H]3O[C@@H]2SC)cc1. The lowest BCUT2D eigenvalue weighted by molar-refractivity contribution is -0.320. The van der Waals surface area contributed by atoms with E-state index in [1.807, 2.05) is 54.6 Å². The third kappa shape index (κ3) is 6.71. The Hall–Kier alpha value is -2.95. The minimum atomic E-state index is -3.00. The number of benzene rings is 4. The van der Waals surface area contributed by atoms with E-state index < -0.39 is 32.9 Å².